The molecule has 0 bridgehead atoms. The first-order chi connectivity index (χ1) is 8.88. The lowest BCUT2D eigenvalue weighted by Gasteiger charge is -2.30. The SMILES string of the molecule is CNCc1ccc(S(=O)(=O)N2CCCC2(C)C)nc1. The van der Waals surface area contributed by atoms with Gasteiger partial charge in [-0.25, -0.2) is 13.4 Å². The molecule has 0 amide bonds. The number of pyridine rings is 1. The molecule has 1 aliphatic heterocycles. The fourth-order valence-electron chi connectivity index (χ4n) is 2.51. The standard InChI is InChI=1S/C13H21N3O2S/c1-13(2)7-4-8-16(13)19(17,18)12-6-5-11(9-14-3)10-15-12/h5-6,10,14H,4,7-9H2,1-3H3. The number of hydrogen-bond donors (Lipinski definition) is 1. The molecule has 1 fully saturated rings. The van der Waals surface area contributed by atoms with E-state index in [1.165, 1.54) is 0 Å². The van der Waals surface area contributed by atoms with E-state index in [0.717, 1.165) is 18.4 Å². The maximum Gasteiger partial charge on any atom is 0.261 e. The van der Waals surface area contributed by atoms with E-state index in [2.05, 4.69) is 10.3 Å². The first-order valence-corrected chi connectivity index (χ1v) is 7.94. The van der Waals surface area contributed by atoms with Crippen molar-refractivity contribution in [1.82, 2.24) is 14.6 Å². The molecule has 1 aromatic rings. The predicted molar refractivity (Wildman–Crippen MR) is 74.2 cm³/mol. The van der Waals surface area contributed by atoms with Gasteiger partial charge in [0.1, 0.15) is 0 Å². The average molecular weight is 283 g/mol. The first-order valence-electron chi connectivity index (χ1n) is 6.50. The summed E-state index contributed by atoms with van der Waals surface area (Å²) in [7, 11) is -1.63. The highest BCUT2D eigenvalue weighted by molar-refractivity contribution is 7.89. The molecule has 1 saturated heterocycles. The van der Waals surface area contributed by atoms with E-state index in [0.29, 0.717) is 13.1 Å². The largest absolute Gasteiger partial charge is 0.316 e. The number of nitrogens with zero attached hydrogens (tertiary/aromatic N) is 2. The Morgan fingerprint density at radius 2 is 2.16 bits per heavy atom. The Labute approximate surface area is 115 Å². The molecule has 0 spiro atoms. The van der Waals surface area contributed by atoms with Gasteiger partial charge in [-0.3, -0.25) is 0 Å². The molecular formula is C13H21N3O2S. The Bertz CT molecular complexity index is 538. The Balaban J connectivity index is 2.29. The molecule has 2 heterocycles. The van der Waals surface area contributed by atoms with Crippen LogP contribution in [0.5, 0.6) is 0 Å². The molecule has 106 valence electrons. The summed E-state index contributed by atoms with van der Waals surface area (Å²) in [6.45, 7) is 5.19. The highest BCUT2D eigenvalue weighted by Gasteiger charge is 2.41. The Morgan fingerprint density at radius 1 is 1.42 bits per heavy atom. The molecule has 0 radical (unpaired) electrons. The van der Waals surface area contributed by atoms with Crippen LogP contribution in [0.2, 0.25) is 0 Å². The van der Waals surface area contributed by atoms with Gasteiger partial charge in [-0.2, -0.15) is 4.31 Å². The highest BCUT2D eigenvalue weighted by atomic mass is 32.2. The van der Waals surface area contributed by atoms with Gasteiger partial charge < -0.3 is 5.32 Å². The molecular weight excluding hydrogens is 262 g/mol. The van der Waals surface area contributed by atoms with Crippen molar-refractivity contribution >= 4 is 10.0 Å². The van der Waals surface area contributed by atoms with E-state index >= 15 is 0 Å². The maximum absolute atomic E-state index is 12.6. The van der Waals surface area contributed by atoms with Crippen LogP contribution in [-0.2, 0) is 16.6 Å². The van der Waals surface area contributed by atoms with Crippen molar-refractivity contribution in [3.05, 3.63) is 23.9 Å². The second-order valence-corrected chi connectivity index (χ2v) is 7.34. The summed E-state index contributed by atoms with van der Waals surface area (Å²) in [6.07, 6.45) is 3.42. The van der Waals surface area contributed by atoms with Crippen molar-refractivity contribution in [3.8, 4) is 0 Å². The van der Waals surface area contributed by atoms with Gasteiger partial charge in [0.2, 0.25) is 0 Å². The summed E-state index contributed by atoms with van der Waals surface area (Å²) in [5.74, 6) is 0. The van der Waals surface area contributed by atoms with Crippen LogP contribution in [0.4, 0.5) is 0 Å². The fourth-order valence-corrected chi connectivity index (χ4v) is 4.28. The molecule has 2 rings (SSSR count). The molecule has 0 saturated carbocycles. The van der Waals surface area contributed by atoms with E-state index in [1.807, 2.05) is 20.9 Å². The summed E-state index contributed by atoms with van der Waals surface area (Å²) in [5, 5.41) is 3.15. The van der Waals surface area contributed by atoms with Gasteiger partial charge in [-0.1, -0.05) is 6.07 Å². The monoisotopic (exact) mass is 283 g/mol. The highest BCUT2D eigenvalue weighted by Crippen LogP contribution is 2.33. The van der Waals surface area contributed by atoms with E-state index < -0.39 is 10.0 Å². The molecule has 19 heavy (non-hydrogen) atoms. The van der Waals surface area contributed by atoms with Gasteiger partial charge >= 0.3 is 0 Å². The lowest BCUT2D eigenvalue weighted by molar-refractivity contribution is 0.291. The zero-order valence-electron chi connectivity index (χ0n) is 11.7. The molecule has 0 aliphatic carbocycles. The van der Waals surface area contributed by atoms with E-state index in [4.69, 9.17) is 0 Å². The van der Waals surface area contributed by atoms with E-state index in [9.17, 15) is 8.42 Å². The average Bonchev–Trinajstić information content (AvgIpc) is 2.71. The van der Waals surface area contributed by atoms with Gasteiger partial charge in [0.25, 0.3) is 10.0 Å². The second kappa shape index (κ2) is 5.19. The molecule has 5 nitrogen and oxygen atoms in total. The summed E-state index contributed by atoms with van der Waals surface area (Å²) in [5.41, 5.74) is 0.659. The van der Waals surface area contributed by atoms with Crippen LogP contribution >= 0.6 is 0 Å². The number of hydrogen-bond acceptors (Lipinski definition) is 4. The number of sulfonamides is 1. The smallest absolute Gasteiger partial charge is 0.261 e. The molecule has 0 unspecified atom stereocenters. The molecule has 0 aromatic carbocycles. The minimum atomic E-state index is -3.48. The van der Waals surface area contributed by atoms with Gasteiger partial charge in [-0.05, 0) is 45.4 Å². The van der Waals surface area contributed by atoms with Crippen LogP contribution in [0.25, 0.3) is 0 Å². The molecule has 1 aliphatic rings. The summed E-state index contributed by atoms with van der Waals surface area (Å²) in [6, 6.07) is 3.40. The van der Waals surface area contributed by atoms with Crippen LogP contribution in [-0.4, -0.2) is 36.8 Å². The fraction of sp³-hybridized carbons (Fsp3) is 0.615. The third-order valence-corrected chi connectivity index (χ3v) is 5.59. The minimum absolute atomic E-state index is 0.141. The normalized spacial score (nSPS) is 19.7. The predicted octanol–water partition coefficient (Wildman–Crippen LogP) is 1.36. The summed E-state index contributed by atoms with van der Waals surface area (Å²) < 4.78 is 26.7. The lowest BCUT2D eigenvalue weighted by Crippen LogP contribution is -2.42. The third-order valence-electron chi connectivity index (χ3n) is 3.56. The van der Waals surface area contributed by atoms with Gasteiger partial charge in [0.15, 0.2) is 5.03 Å². The molecule has 6 heteroatoms. The number of nitrogens with one attached hydrogen (secondary N) is 1. The Morgan fingerprint density at radius 3 is 2.63 bits per heavy atom. The number of rotatable bonds is 4. The maximum atomic E-state index is 12.6. The van der Waals surface area contributed by atoms with Crippen molar-refractivity contribution in [2.24, 2.45) is 0 Å². The topological polar surface area (TPSA) is 62.3 Å². The van der Waals surface area contributed by atoms with Crippen molar-refractivity contribution in [3.63, 3.8) is 0 Å². The first kappa shape index (κ1) is 14.4. The summed E-state index contributed by atoms with van der Waals surface area (Å²) in [4.78, 5) is 4.11. The second-order valence-electron chi connectivity index (χ2n) is 5.53. The Hall–Kier alpha value is -0.980. The van der Waals surface area contributed by atoms with E-state index in [1.54, 1.807) is 22.6 Å². The lowest BCUT2D eigenvalue weighted by atomic mass is 10.0. The molecule has 1 aromatic heterocycles. The van der Waals surface area contributed by atoms with Crippen LogP contribution in [0.1, 0.15) is 32.3 Å². The number of aromatic nitrogens is 1. The van der Waals surface area contributed by atoms with Gasteiger partial charge in [0.05, 0.1) is 0 Å². The summed E-state index contributed by atoms with van der Waals surface area (Å²) >= 11 is 0. The zero-order chi connectivity index (χ0) is 14.1. The van der Waals surface area contributed by atoms with E-state index in [-0.39, 0.29) is 10.6 Å². The van der Waals surface area contributed by atoms with Crippen molar-refractivity contribution in [2.75, 3.05) is 13.6 Å². The van der Waals surface area contributed by atoms with Crippen molar-refractivity contribution < 1.29 is 8.42 Å². The quantitative estimate of drug-likeness (QED) is 0.906. The van der Waals surface area contributed by atoms with Crippen molar-refractivity contribution in [2.45, 2.75) is 43.8 Å². The van der Waals surface area contributed by atoms with Crippen LogP contribution < -0.4 is 5.32 Å². The molecule has 1 N–H and O–H groups in total. The van der Waals surface area contributed by atoms with Crippen LogP contribution in [0, 0.1) is 0 Å². The van der Waals surface area contributed by atoms with Gasteiger partial charge in [0, 0.05) is 24.8 Å². The molecule has 0 atom stereocenters. The van der Waals surface area contributed by atoms with Crippen LogP contribution in [0.15, 0.2) is 23.4 Å². The minimum Gasteiger partial charge on any atom is -0.316 e. The third kappa shape index (κ3) is 2.80. The van der Waals surface area contributed by atoms with Crippen molar-refractivity contribution in [1.29, 1.82) is 0 Å². The zero-order valence-corrected chi connectivity index (χ0v) is 12.5. The van der Waals surface area contributed by atoms with Gasteiger partial charge in [-0.15, -0.1) is 0 Å². The van der Waals surface area contributed by atoms with Crippen LogP contribution in [0.3, 0.4) is 0 Å². The Kier molecular flexibility index (Phi) is 3.94.